The van der Waals surface area contributed by atoms with Crippen LogP contribution in [0.5, 0.6) is 0 Å². The number of fused-ring (bicyclic) bond motifs is 3. The lowest BCUT2D eigenvalue weighted by atomic mass is 9.62. The molecule has 0 aliphatic heterocycles. The number of anilines is 1. The minimum Gasteiger partial charge on any atom is -0.386 e. The van der Waals surface area contributed by atoms with Gasteiger partial charge in [0.2, 0.25) is 11.9 Å². The van der Waals surface area contributed by atoms with E-state index in [2.05, 4.69) is 9.88 Å². The van der Waals surface area contributed by atoms with Gasteiger partial charge < -0.3 is 14.8 Å². The van der Waals surface area contributed by atoms with Crippen LogP contribution in [0.15, 0.2) is 48.5 Å². The summed E-state index contributed by atoms with van der Waals surface area (Å²) in [6.45, 7) is 5.22. The van der Waals surface area contributed by atoms with E-state index >= 15 is 0 Å². The molecule has 1 unspecified atom stereocenters. The second-order valence-electron chi connectivity index (χ2n) is 10.7. The average Bonchev–Trinajstić information content (AvgIpc) is 3.09. The first-order valence-electron chi connectivity index (χ1n) is 11.9. The Morgan fingerprint density at radius 2 is 1.79 bits per heavy atom. The Labute approximate surface area is 194 Å². The molecule has 2 bridgehead atoms. The minimum absolute atomic E-state index is 0.0642. The van der Waals surface area contributed by atoms with Crippen LogP contribution in [0.2, 0.25) is 0 Å². The van der Waals surface area contributed by atoms with Crippen molar-refractivity contribution in [1.82, 2.24) is 9.55 Å². The van der Waals surface area contributed by atoms with Gasteiger partial charge in [0.1, 0.15) is 0 Å². The van der Waals surface area contributed by atoms with E-state index in [1.165, 1.54) is 19.3 Å². The molecule has 6 rings (SSSR count). The fraction of sp³-hybridized carbons (Fsp3) is 0.481. The Kier molecular flexibility index (Phi) is 5.33. The van der Waals surface area contributed by atoms with Crippen molar-refractivity contribution >= 4 is 22.9 Å². The number of aromatic nitrogens is 2. The van der Waals surface area contributed by atoms with E-state index in [4.69, 9.17) is 4.98 Å². The van der Waals surface area contributed by atoms with E-state index < -0.39 is 11.2 Å². The number of nitrogens with one attached hydrogen (secondary N) is 1. The van der Waals surface area contributed by atoms with Crippen LogP contribution in [0.4, 0.5) is 5.95 Å². The first-order chi connectivity index (χ1) is 15.6. The predicted octanol–water partition coefficient (Wildman–Crippen LogP) is 4.86. The number of benzene rings is 2. The molecule has 2 aromatic carbocycles. The van der Waals surface area contributed by atoms with E-state index in [0.717, 1.165) is 28.9 Å². The maximum Gasteiger partial charge on any atom is 0.229 e. The molecule has 33 heavy (non-hydrogen) atoms. The summed E-state index contributed by atoms with van der Waals surface area (Å²) in [4.78, 5) is 17.8. The lowest BCUT2D eigenvalue weighted by molar-refractivity contribution is -0.120. The Bertz CT molecular complexity index is 1170. The monoisotopic (exact) mass is 447 g/mol. The Morgan fingerprint density at radius 3 is 2.42 bits per heavy atom. The summed E-state index contributed by atoms with van der Waals surface area (Å²) < 4.78 is 2.18. The van der Waals surface area contributed by atoms with Gasteiger partial charge in [0, 0.05) is 6.04 Å². The zero-order valence-corrected chi connectivity index (χ0v) is 19.6. The molecule has 3 aliphatic carbocycles. The number of carbonyl (C=O) groups is 1. The SMILES string of the molecule is CC(C)(O)c1ccc2nc(NC(=O)CC(C)(O)c3ccccc3)n([C@@H]3CCC4CC3C4)c2c1. The Hall–Kier alpha value is -2.70. The maximum atomic E-state index is 13.1. The normalized spacial score (nSPS) is 24.2. The van der Waals surface area contributed by atoms with Gasteiger partial charge in [-0.25, -0.2) is 4.98 Å². The van der Waals surface area contributed by atoms with Crippen molar-refractivity contribution < 1.29 is 15.0 Å². The number of nitrogens with zero attached hydrogens (tertiary/aromatic N) is 2. The second-order valence-corrected chi connectivity index (χ2v) is 10.7. The predicted molar refractivity (Wildman–Crippen MR) is 129 cm³/mol. The molecule has 3 fully saturated rings. The second kappa shape index (κ2) is 7.96. The molecule has 3 aliphatic rings. The molecule has 1 aromatic heterocycles. The molecule has 2 atom stereocenters. The largest absolute Gasteiger partial charge is 0.386 e. The van der Waals surface area contributed by atoms with E-state index in [-0.39, 0.29) is 18.4 Å². The van der Waals surface area contributed by atoms with Gasteiger partial charge in [-0.15, -0.1) is 0 Å². The summed E-state index contributed by atoms with van der Waals surface area (Å²) in [5.74, 6) is 1.69. The quantitative estimate of drug-likeness (QED) is 0.504. The maximum absolute atomic E-state index is 13.1. The standard InChI is InChI=1S/C27H33N3O3/c1-26(2,32)20-10-11-21-23(15-20)30(22-12-9-17-13-18(22)14-17)25(28-21)29-24(31)16-27(3,33)19-7-5-4-6-8-19/h4-8,10-11,15,17-18,22,32-33H,9,12-14,16H2,1-3H3,(H,28,29,31)/t17?,18?,22-,27?/m1/s1. The van der Waals surface area contributed by atoms with E-state index in [9.17, 15) is 15.0 Å². The first kappa shape index (κ1) is 22.1. The fourth-order valence-corrected chi connectivity index (χ4v) is 5.60. The van der Waals surface area contributed by atoms with E-state index in [1.807, 2.05) is 48.5 Å². The highest BCUT2D eigenvalue weighted by atomic mass is 16.3. The molecule has 174 valence electrons. The van der Waals surface area contributed by atoms with Crippen LogP contribution in [-0.2, 0) is 16.0 Å². The molecule has 0 radical (unpaired) electrons. The van der Waals surface area contributed by atoms with Crippen LogP contribution >= 0.6 is 0 Å². The van der Waals surface area contributed by atoms with Crippen LogP contribution in [0, 0.1) is 11.8 Å². The summed E-state index contributed by atoms with van der Waals surface area (Å²) in [5, 5.41) is 24.5. The summed E-state index contributed by atoms with van der Waals surface area (Å²) in [7, 11) is 0. The summed E-state index contributed by atoms with van der Waals surface area (Å²) >= 11 is 0. The topological polar surface area (TPSA) is 87.4 Å². The van der Waals surface area contributed by atoms with Gasteiger partial charge in [-0.05, 0) is 81.5 Å². The number of hydrogen-bond acceptors (Lipinski definition) is 4. The van der Waals surface area contributed by atoms with Crippen LogP contribution in [0.1, 0.15) is 70.0 Å². The Balaban J connectivity index is 1.49. The van der Waals surface area contributed by atoms with Gasteiger partial charge in [0.05, 0.1) is 28.7 Å². The molecule has 3 saturated carbocycles. The number of carbonyl (C=O) groups excluding carboxylic acids is 1. The smallest absolute Gasteiger partial charge is 0.229 e. The highest BCUT2D eigenvalue weighted by Crippen LogP contribution is 2.52. The van der Waals surface area contributed by atoms with Gasteiger partial charge in [0.25, 0.3) is 0 Å². The van der Waals surface area contributed by atoms with Crippen molar-refractivity contribution in [1.29, 1.82) is 0 Å². The van der Waals surface area contributed by atoms with Crippen molar-refractivity contribution in [2.45, 2.75) is 70.1 Å². The lowest BCUT2D eigenvalue weighted by Crippen LogP contribution is -2.38. The minimum atomic E-state index is -1.28. The molecule has 3 N–H and O–H groups in total. The van der Waals surface area contributed by atoms with Crippen molar-refractivity contribution in [3.63, 3.8) is 0 Å². The van der Waals surface area contributed by atoms with Crippen molar-refractivity contribution in [2.24, 2.45) is 11.8 Å². The highest BCUT2D eigenvalue weighted by Gasteiger charge is 2.42. The third-order valence-corrected chi connectivity index (χ3v) is 7.57. The lowest BCUT2D eigenvalue weighted by Gasteiger charge is -2.47. The summed E-state index contributed by atoms with van der Waals surface area (Å²) in [6, 6.07) is 15.4. The number of aliphatic hydroxyl groups is 2. The molecule has 0 spiro atoms. The highest BCUT2D eigenvalue weighted by molar-refractivity contribution is 5.92. The van der Waals surface area contributed by atoms with Gasteiger partial charge in [-0.3, -0.25) is 10.1 Å². The van der Waals surface area contributed by atoms with E-state index in [0.29, 0.717) is 17.4 Å². The third-order valence-electron chi connectivity index (χ3n) is 7.57. The number of rotatable bonds is 6. The summed E-state index contributed by atoms with van der Waals surface area (Å²) in [5.41, 5.74) is 1.03. The average molecular weight is 448 g/mol. The Morgan fingerprint density at radius 1 is 1.06 bits per heavy atom. The number of imidazole rings is 1. The zero-order chi connectivity index (χ0) is 23.4. The molecule has 3 aromatic rings. The van der Waals surface area contributed by atoms with Crippen LogP contribution < -0.4 is 5.32 Å². The zero-order valence-electron chi connectivity index (χ0n) is 19.6. The van der Waals surface area contributed by atoms with Crippen molar-refractivity contribution in [2.75, 3.05) is 5.32 Å². The van der Waals surface area contributed by atoms with Gasteiger partial charge >= 0.3 is 0 Å². The molecule has 0 saturated heterocycles. The van der Waals surface area contributed by atoms with Crippen LogP contribution in [0.3, 0.4) is 0 Å². The molecule has 1 heterocycles. The summed E-state index contributed by atoms with van der Waals surface area (Å²) in [6.07, 6.45) is 4.66. The molecule has 6 nitrogen and oxygen atoms in total. The van der Waals surface area contributed by atoms with Crippen molar-refractivity contribution in [3.8, 4) is 0 Å². The van der Waals surface area contributed by atoms with Gasteiger partial charge in [-0.1, -0.05) is 36.4 Å². The number of amides is 1. The first-order valence-corrected chi connectivity index (χ1v) is 11.9. The molecule has 1 amide bonds. The van der Waals surface area contributed by atoms with Crippen LogP contribution in [-0.4, -0.2) is 25.7 Å². The molecular weight excluding hydrogens is 414 g/mol. The van der Waals surface area contributed by atoms with Crippen molar-refractivity contribution in [3.05, 3.63) is 59.7 Å². The number of hydrogen-bond donors (Lipinski definition) is 3. The molecular formula is C27H33N3O3. The van der Waals surface area contributed by atoms with Crippen LogP contribution in [0.25, 0.3) is 11.0 Å². The molecule has 6 heteroatoms. The van der Waals surface area contributed by atoms with Gasteiger partial charge in [0.15, 0.2) is 0 Å². The third kappa shape index (κ3) is 4.18. The van der Waals surface area contributed by atoms with Gasteiger partial charge in [-0.2, -0.15) is 0 Å². The fourth-order valence-electron chi connectivity index (χ4n) is 5.60. The van der Waals surface area contributed by atoms with E-state index in [1.54, 1.807) is 20.8 Å².